The van der Waals surface area contributed by atoms with Crippen molar-refractivity contribution in [1.29, 1.82) is 0 Å². The van der Waals surface area contributed by atoms with E-state index in [4.69, 9.17) is 9.15 Å². The standard InChI is InChI=1S/C16H20N4O3/c1-10-11(2)23-16(18-10)20-15(21)19-13-4-3-9-22-14(13)12-5-7-17-8-6-12/h5-8,13-14H,3-4,9H2,1-2H3,(H2,18,19,20,21)/t13-,14+/m0/s1. The first-order valence-electron chi connectivity index (χ1n) is 7.66. The van der Waals surface area contributed by atoms with Crippen molar-refractivity contribution in [2.45, 2.75) is 38.8 Å². The van der Waals surface area contributed by atoms with Gasteiger partial charge in [-0.25, -0.2) is 4.79 Å². The number of hydrogen-bond donors (Lipinski definition) is 2. The summed E-state index contributed by atoms with van der Waals surface area (Å²) in [6, 6.07) is 3.56. The molecule has 1 saturated heterocycles. The summed E-state index contributed by atoms with van der Waals surface area (Å²) in [6.07, 6.45) is 5.03. The molecule has 1 fully saturated rings. The summed E-state index contributed by atoms with van der Waals surface area (Å²) in [5.41, 5.74) is 1.77. The highest BCUT2D eigenvalue weighted by molar-refractivity contribution is 5.87. The summed E-state index contributed by atoms with van der Waals surface area (Å²) in [6.45, 7) is 4.32. The molecule has 2 aromatic rings. The van der Waals surface area contributed by atoms with Crippen LogP contribution in [0.3, 0.4) is 0 Å². The van der Waals surface area contributed by atoms with Crippen LogP contribution in [0.15, 0.2) is 28.9 Å². The van der Waals surface area contributed by atoms with Crippen molar-refractivity contribution in [3.63, 3.8) is 0 Å². The number of aromatic nitrogens is 2. The molecular weight excluding hydrogens is 296 g/mol. The molecule has 122 valence electrons. The Bertz CT molecular complexity index is 652. The van der Waals surface area contributed by atoms with Crippen molar-refractivity contribution in [3.05, 3.63) is 41.5 Å². The molecule has 2 N–H and O–H groups in total. The fraction of sp³-hybridized carbons (Fsp3) is 0.438. The minimum absolute atomic E-state index is 0.108. The molecule has 1 aliphatic rings. The van der Waals surface area contributed by atoms with Gasteiger partial charge < -0.3 is 14.5 Å². The van der Waals surface area contributed by atoms with Gasteiger partial charge in [-0.1, -0.05) is 0 Å². The number of carbonyl (C=O) groups is 1. The molecule has 0 radical (unpaired) electrons. The van der Waals surface area contributed by atoms with Gasteiger partial charge in [-0.3, -0.25) is 10.3 Å². The molecule has 2 aromatic heterocycles. The molecule has 7 heteroatoms. The number of hydrogen-bond acceptors (Lipinski definition) is 5. The van der Waals surface area contributed by atoms with Crippen LogP contribution in [0.5, 0.6) is 0 Å². The monoisotopic (exact) mass is 316 g/mol. The first-order chi connectivity index (χ1) is 11.1. The van der Waals surface area contributed by atoms with Gasteiger partial charge in [0.25, 0.3) is 0 Å². The normalized spacial score (nSPS) is 21.0. The Labute approximate surface area is 134 Å². The Kier molecular flexibility index (Phi) is 4.57. The minimum atomic E-state index is -0.346. The molecule has 1 aliphatic heterocycles. The van der Waals surface area contributed by atoms with Gasteiger partial charge in [0.1, 0.15) is 11.9 Å². The Morgan fingerprint density at radius 2 is 2.09 bits per heavy atom. The van der Waals surface area contributed by atoms with Crippen LogP contribution in [0.2, 0.25) is 0 Å². The number of rotatable bonds is 3. The smallest absolute Gasteiger partial charge is 0.323 e. The molecule has 2 atom stereocenters. The zero-order valence-electron chi connectivity index (χ0n) is 13.2. The van der Waals surface area contributed by atoms with E-state index in [1.165, 1.54) is 0 Å². The number of nitrogens with one attached hydrogen (secondary N) is 2. The Morgan fingerprint density at radius 3 is 2.78 bits per heavy atom. The highest BCUT2D eigenvalue weighted by Crippen LogP contribution is 2.28. The van der Waals surface area contributed by atoms with E-state index in [1.807, 2.05) is 19.1 Å². The molecule has 0 aromatic carbocycles. The second-order valence-corrected chi connectivity index (χ2v) is 5.58. The maximum Gasteiger partial charge on any atom is 0.323 e. The predicted octanol–water partition coefficient (Wildman–Crippen LogP) is 2.73. The van der Waals surface area contributed by atoms with E-state index in [1.54, 1.807) is 19.3 Å². The molecule has 2 amide bonds. The van der Waals surface area contributed by atoms with Crippen molar-refractivity contribution in [2.24, 2.45) is 0 Å². The Morgan fingerprint density at radius 1 is 1.30 bits per heavy atom. The van der Waals surface area contributed by atoms with E-state index in [0.717, 1.165) is 24.1 Å². The van der Waals surface area contributed by atoms with Gasteiger partial charge in [0.15, 0.2) is 0 Å². The lowest BCUT2D eigenvalue weighted by atomic mass is 9.97. The molecule has 23 heavy (non-hydrogen) atoms. The number of urea groups is 1. The molecule has 3 rings (SSSR count). The Balaban J connectivity index is 1.65. The zero-order valence-corrected chi connectivity index (χ0v) is 13.2. The summed E-state index contributed by atoms with van der Waals surface area (Å²) in [5.74, 6) is 0.691. The van der Waals surface area contributed by atoms with Crippen molar-refractivity contribution in [2.75, 3.05) is 11.9 Å². The van der Waals surface area contributed by atoms with E-state index >= 15 is 0 Å². The molecule has 0 spiro atoms. The first kappa shape index (κ1) is 15.5. The van der Waals surface area contributed by atoms with E-state index in [0.29, 0.717) is 12.4 Å². The van der Waals surface area contributed by atoms with Gasteiger partial charge in [-0.15, -0.1) is 0 Å². The zero-order chi connectivity index (χ0) is 16.2. The molecule has 0 saturated carbocycles. The summed E-state index contributed by atoms with van der Waals surface area (Å²) in [4.78, 5) is 20.3. The van der Waals surface area contributed by atoms with E-state index in [2.05, 4.69) is 20.6 Å². The molecule has 3 heterocycles. The van der Waals surface area contributed by atoms with Crippen LogP contribution in [0.25, 0.3) is 0 Å². The van der Waals surface area contributed by atoms with Gasteiger partial charge in [-0.05, 0) is 44.4 Å². The molecule has 7 nitrogen and oxygen atoms in total. The largest absolute Gasteiger partial charge is 0.428 e. The number of aryl methyl sites for hydroxylation is 2. The van der Waals surface area contributed by atoms with Crippen molar-refractivity contribution < 1.29 is 13.9 Å². The van der Waals surface area contributed by atoms with Crippen LogP contribution in [0, 0.1) is 13.8 Å². The van der Waals surface area contributed by atoms with Crippen LogP contribution in [0.1, 0.15) is 36.0 Å². The first-order valence-corrected chi connectivity index (χ1v) is 7.66. The summed E-state index contributed by atoms with van der Waals surface area (Å²) in [5, 5.41) is 5.58. The van der Waals surface area contributed by atoms with E-state index in [9.17, 15) is 4.79 Å². The molecule has 0 unspecified atom stereocenters. The van der Waals surface area contributed by atoms with E-state index in [-0.39, 0.29) is 24.2 Å². The summed E-state index contributed by atoms with van der Waals surface area (Å²) in [7, 11) is 0. The lowest BCUT2D eigenvalue weighted by Gasteiger charge is -2.32. The fourth-order valence-electron chi connectivity index (χ4n) is 2.64. The molecular formula is C16H20N4O3. The quantitative estimate of drug-likeness (QED) is 0.909. The van der Waals surface area contributed by atoms with Gasteiger partial charge >= 0.3 is 12.0 Å². The summed E-state index contributed by atoms with van der Waals surface area (Å²) >= 11 is 0. The highest BCUT2D eigenvalue weighted by atomic mass is 16.5. The maximum atomic E-state index is 12.2. The van der Waals surface area contributed by atoms with Gasteiger partial charge in [-0.2, -0.15) is 4.98 Å². The van der Waals surface area contributed by atoms with Gasteiger partial charge in [0.2, 0.25) is 0 Å². The topological polar surface area (TPSA) is 89.3 Å². The number of anilines is 1. The van der Waals surface area contributed by atoms with Crippen molar-refractivity contribution in [1.82, 2.24) is 15.3 Å². The van der Waals surface area contributed by atoms with Crippen LogP contribution in [-0.2, 0) is 4.74 Å². The average Bonchev–Trinajstić information content (AvgIpc) is 2.86. The minimum Gasteiger partial charge on any atom is -0.428 e. The molecule has 0 bridgehead atoms. The predicted molar refractivity (Wildman–Crippen MR) is 84.1 cm³/mol. The SMILES string of the molecule is Cc1nc(NC(=O)N[C@H]2CCCO[C@@H]2c2ccncc2)oc1C. The van der Waals surface area contributed by atoms with Crippen molar-refractivity contribution >= 4 is 12.0 Å². The van der Waals surface area contributed by atoms with Crippen LogP contribution < -0.4 is 10.6 Å². The average molecular weight is 316 g/mol. The van der Waals surface area contributed by atoms with Crippen LogP contribution in [0.4, 0.5) is 10.8 Å². The third-order valence-electron chi connectivity index (χ3n) is 3.92. The third kappa shape index (κ3) is 3.68. The number of amides is 2. The lowest BCUT2D eigenvalue weighted by molar-refractivity contribution is -0.00702. The number of oxazole rings is 1. The number of nitrogens with zero attached hydrogens (tertiary/aromatic N) is 2. The van der Waals surface area contributed by atoms with E-state index < -0.39 is 0 Å². The highest BCUT2D eigenvalue weighted by Gasteiger charge is 2.29. The number of pyridine rings is 1. The number of carbonyl (C=O) groups excluding carboxylic acids is 1. The van der Waals surface area contributed by atoms with Crippen LogP contribution in [-0.4, -0.2) is 28.6 Å². The number of ether oxygens (including phenoxy) is 1. The second kappa shape index (κ2) is 6.78. The van der Waals surface area contributed by atoms with Gasteiger partial charge in [0.05, 0.1) is 11.7 Å². The van der Waals surface area contributed by atoms with Crippen molar-refractivity contribution in [3.8, 4) is 0 Å². The third-order valence-corrected chi connectivity index (χ3v) is 3.92. The Hall–Kier alpha value is -2.41. The fourth-order valence-corrected chi connectivity index (χ4v) is 2.64. The molecule has 0 aliphatic carbocycles. The van der Waals surface area contributed by atoms with Crippen LogP contribution >= 0.6 is 0 Å². The second-order valence-electron chi connectivity index (χ2n) is 5.58. The summed E-state index contributed by atoms with van der Waals surface area (Å²) < 4.78 is 11.2. The van der Waals surface area contributed by atoms with Gasteiger partial charge in [0, 0.05) is 19.0 Å². The maximum absolute atomic E-state index is 12.2. The lowest BCUT2D eigenvalue weighted by Crippen LogP contribution is -2.44.